The van der Waals surface area contributed by atoms with Crippen molar-refractivity contribution in [2.24, 2.45) is 5.73 Å². The summed E-state index contributed by atoms with van der Waals surface area (Å²) in [7, 11) is 0. The Morgan fingerprint density at radius 2 is 1.67 bits per heavy atom. The van der Waals surface area contributed by atoms with Gasteiger partial charge in [-0.25, -0.2) is 9.78 Å². The maximum atomic E-state index is 12.7. The minimum absolute atomic E-state index is 0.0387. The molecule has 1 amide bonds. The van der Waals surface area contributed by atoms with Crippen molar-refractivity contribution in [3.05, 3.63) is 89.5 Å². The quantitative estimate of drug-likeness (QED) is 0.158. The summed E-state index contributed by atoms with van der Waals surface area (Å²) < 4.78 is 6.38. The summed E-state index contributed by atoms with van der Waals surface area (Å²) in [6.07, 6.45) is 1.68. The van der Waals surface area contributed by atoms with E-state index in [1.54, 1.807) is 47.7 Å². The number of thiazole rings is 1. The lowest BCUT2D eigenvalue weighted by atomic mass is 10.0. The summed E-state index contributed by atoms with van der Waals surface area (Å²) in [6, 6.07) is 21.2. The monoisotopic (exact) mass is 499 g/mol. The topological polar surface area (TPSA) is 121 Å². The van der Waals surface area contributed by atoms with Gasteiger partial charge < -0.3 is 20.7 Å². The fraction of sp³-hybridized carbons (Fsp3) is 0.185. The molecule has 182 valence electrons. The second kappa shape index (κ2) is 10.2. The summed E-state index contributed by atoms with van der Waals surface area (Å²) in [4.78, 5) is 32.1. The molecule has 1 aliphatic rings. The number of carbonyl (C=O) groups is 2. The van der Waals surface area contributed by atoms with Gasteiger partial charge in [0, 0.05) is 30.3 Å². The molecule has 0 unspecified atom stereocenters. The van der Waals surface area contributed by atoms with Crippen molar-refractivity contribution in [1.29, 1.82) is 5.41 Å². The van der Waals surface area contributed by atoms with Crippen LogP contribution in [-0.2, 0) is 0 Å². The van der Waals surface area contributed by atoms with Crippen LogP contribution in [0.2, 0.25) is 0 Å². The minimum atomic E-state index is -0.461. The van der Waals surface area contributed by atoms with Gasteiger partial charge in [0.05, 0.1) is 15.8 Å². The number of hydrogen-bond donors (Lipinski definition) is 3. The van der Waals surface area contributed by atoms with E-state index in [0.717, 1.165) is 41.3 Å². The lowest BCUT2D eigenvalue weighted by molar-refractivity contribution is 0.0734. The molecule has 1 fully saturated rings. The van der Waals surface area contributed by atoms with Crippen LogP contribution in [0.25, 0.3) is 10.2 Å². The summed E-state index contributed by atoms with van der Waals surface area (Å²) in [5.41, 5.74) is 7.97. The molecule has 0 radical (unpaired) electrons. The first-order chi connectivity index (χ1) is 17.5. The van der Waals surface area contributed by atoms with Crippen molar-refractivity contribution in [1.82, 2.24) is 10.3 Å². The average Bonchev–Trinajstić information content (AvgIpc) is 3.33. The SMILES string of the molecule is N=C(N)c1ccc(OC(=O)c2ccc3nc(N4CCC(NC(=O)c5ccccc5)CC4)sc3c2)cc1. The third-order valence-corrected chi connectivity index (χ3v) is 7.20. The second-order valence-electron chi connectivity index (χ2n) is 8.61. The average molecular weight is 500 g/mol. The van der Waals surface area contributed by atoms with Gasteiger partial charge in [-0.3, -0.25) is 10.2 Å². The van der Waals surface area contributed by atoms with Gasteiger partial charge >= 0.3 is 5.97 Å². The zero-order valence-electron chi connectivity index (χ0n) is 19.4. The highest BCUT2D eigenvalue weighted by molar-refractivity contribution is 7.22. The van der Waals surface area contributed by atoms with Crippen molar-refractivity contribution >= 4 is 44.4 Å². The van der Waals surface area contributed by atoms with Crippen LogP contribution >= 0.6 is 11.3 Å². The highest BCUT2D eigenvalue weighted by Crippen LogP contribution is 2.31. The third-order valence-electron chi connectivity index (χ3n) is 6.13. The molecule has 0 bridgehead atoms. The van der Waals surface area contributed by atoms with Crippen LogP contribution in [0.1, 0.15) is 39.1 Å². The third kappa shape index (κ3) is 5.21. The van der Waals surface area contributed by atoms with E-state index in [2.05, 4.69) is 10.2 Å². The van der Waals surface area contributed by atoms with Gasteiger partial charge in [-0.2, -0.15) is 0 Å². The number of nitrogens with two attached hydrogens (primary N) is 1. The molecule has 0 saturated carbocycles. The predicted octanol–water partition coefficient (Wildman–Crippen LogP) is 4.20. The van der Waals surface area contributed by atoms with Crippen molar-refractivity contribution in [2.75, 3.05) is 18.0 Å². The summed E-state index contributed by atoms with van der Waals surface area (Å²) in [5, 5.41) is 11.5. The van der Waals surface area contributed by atoms with Gasteiger partial charge in [0.1, 0.15) is 11.6 Å². The van der Waals surface area contributed by atoms with Crippen LogP contribution in [0, 0.1) is 5.41 Å². The first-order valence-electron chi connectivity index (χ1n) is 11.6. The number of hydrogen-bond acceptors (Lipinski definition) is 7. The zero-order valence-corrected chi connectivity index (χ0v) is 20.3. The van der Waals surface area contributed by atoms with Crippen LogP contribution in [0.4, 0.5) is 5.13 Å². The Balaban J connectivity index is 1.21. The number of nitrogens with one attached hydrogen (secondary N) is 2. The van der Waals surface area contributed by atoms with Crippen LogP contribution < -0.4 is 20.7 Å². The number of amides is 1. The van der Waals surface area contributed by atoms with E-state index in [1.807, 2.05) is 36.4 Å². The van der Waals surface area contributed by atoms with Crippen molar-refractivity contribution in [3.8, 4) is 5.75 Å². The molecule has 5 rings (SSSR count). The summed E-state index contributed by atoms with van der Waals surface area (Å²) in [6.45, 7) is 1.59. The maximum absolute atomic E-state index is 12.7. The van der Waals surface area contributed by atoms with E-state index in [-0.39, 0.29) is 17.8 Å². The van der Waals surface area contributed by atoms with Crippen LogP contribution in [0.5, 0.6) is 5.75 Å². The predicted molar refractivity (Wildman–Crippen MR) is 141 cm³/mol. The summed E-state index contributed by atoms with van der Waals surface area (Å²) in [5.74, 6) is -0.154. The molecule has 4 N–H and O–H groups in total. The zero-order chi connectivity index (χ0) is 25.1. The molecule has 0 aliphatic carbocycles. The van der Waals surface area contributed by atoms with Crippen LogP contribution in [-0.4, -0.2) is 41.8 Å². The summed E-state index contributed by atoms with van der Waals surface area (Å²) >= 11 is 1.54. The fourth-order valence-corrected chi connectivity index (χ4v) is 5.17. The van der Waals surface area contributed by atoms with E-state index in [9.17, 15) is 9.59 Å². The van der Waals surface area contributed by atoms with Crippen LogP contribution in [0.15, 0.2) is 72.8 Å². The lowest BCUT2D eigenvalue weighted by Crippen LogP contribution is -2.44. The number of ether oxygens (including phenoxy) is 1. The number of aromatic nitrogens is 1. The Morgan fingerprint density at radius 3 is 2.36 bits per heavy atom. The van der Waals surface area contributed by atoms with Gasteiger partial charge in [0.25, 0.3) is 5.91 Å². The van der Waals surface area contributed by atoms with Gasteiger partial charge in [-0.15, -0.1) is 0 Å². The largest absolute Gasteiger partial charge is 0.423 e. The molecule has 0 spiro atoms. The molecule has 1 saturated heterocycles. The molecular weight excluding hydrogens is 474 g/mol. The molecule has 1 aliphatic heterocycles. The molecule has 9 heteroatoms. The lowest BCUT2D eigenvalue weighted by Gasteiger charge is -2.32. The van der Waals surface area contributed by atoms with Crippen molar-refractivity contribution < 1.29 is 14.3 Å². The van der Waals surface area contributed by atoms with Gasteiger partial charge in [-0.05, 0) is 67.4 Å². The van der Waals surface area contributed by atoms with Gasteiger partial charge in [0.2, 0.25) is 0 Å². The maximum Gasteiger partial charge on any atom is 0.343 e. The van der Waals surface area contributed by atoms with E-state index < -0.39 is 5.97 Å². The normalized spacial score (nSPS) is 13.9. The number of carbonyl (C=O) groups excluding carboxylic acids is 2. The first-order valence-corrected chi connectivity index (χ1v) is 12.5. The molecule has 1 aromatic heterocycles. The Bertz CT molecular complexity index is 1410. The van der Waals surface area contributed by atoms with E-state index in [0.29, 0.717) is 22.4 Å². The standard InChI is InChI=1S/C27H25N5O3S/c28-24(29)17-6-9-21(10-7-17)35-26(34)19-8-11-22-23(16-19)36-27(31-22)32-14-12-20(13-15-32)30-25(33)18-4-2-1-3-5-18/h1-11,16,20H,12-15H2,(H3,28,29)(H,30,33). The van der Waals surface area contributed by atoms with E-state index >= 15 is 0 Å². The van der Waals surface area contributed by atoms with Gasteiger partial charge in [-0.1, -0.05) is 29.5 Å². The first kappa shape index (κ1) is 23.5. The Hall–Kier alpha value is -4.24. The number of fused-ring (bicyclic) bond motifs is 1. The number of piperidine rings is 1. The number of amidine groups is 1. The Kier molecular flexibility index (Phi) is 6.64. The highest BCUT2D eigenvalue weighted by Gasteiger charge is 2.23. The minimum Gasteiger partial charge on any atom is -0.423 e. The van der Waals surface area contributed by atoms with Gasteiger partial charge in [0.15, 0.2) is 5.13 Å². The second-order valence-corrected chi connectivity index (χ2v) is 9.62. The Morgan fingerprint density at radius 1 is 0.972 bits per heavy atom. The molecule has 36 heavy (non-hydrogen) atoms. The molecule has 0 atom stereocenters. The number of anilines is 1. The number of benzene rings is 3. The number of rotatable bonds is 6. The fourth-order valence-electron chi connectivity index (χ4n) is 4.12. The molecule has 8 nitrogen and oxygen atoms in total. The smallest absolute Gasteiger partial charge is 0.343 e. The Labute approximate surface area is 212 Å². The number of nitrogens with zero attached hydrogens (tertiary/aromatic N) is 2. The molecule has 4 aromatic rings. The van der Waals surface area contributed by atoms with Crippen molar-refractivity contribution in [3.63, 3.8) is 0 Å². The molecule has 2 heterocycles. The number of nitrogen functional groups attached to an aromatic ring is 1. The molecular formula is C27H25N5O3S. The number of esters is 1. The van der Waals surface area contributed by atoms with Crippen LogP contribution in [0.3, 0.4) is 0 Å². The van der Waals surface area contributed by atoms with E-state index in [4.69, 9.17) is 20.9 Å². The van der Waals surface area contributed by atoms with Crippen molar-refractivity contribution in [2.45, 2.75) is 18.9 Å². The molecule has 3 aromatic carbocycles. The highest BCUT2D eigenvalue weighted by atomic mass is 32.1. The van der Waals surface area contributed by atoms with E-state index in [1.165, 1.54) is 0 Å².